The summed E-state index contributed by atoms with van der Waals surface area (Å²) >= 11 is 6.21. The molecule has 0 fully saturated rings. The summed E-state index contributed by atoms with van der Waals surface area (Å²) in [4.78, 5) is 0. The molecule has 15 heavy (non-hydrogen) atoms. The molecule has 3 heteroatoms. The zero-order valence-electron chi connectivity index (χ0n) is 9.91. The second-order valence-electron chi connectivity index (χ2n) is 4.41. The molecule has 0 aromatic carbocycles. The van der Waals surface area contributed by atoms with Crippen molar-refractivity contribution in [3.8, 4) is 0 Å². The minimum absolute atomic E-state index is 0.277. The Labute approximate surface area is 97.6 Å². The maximum absolute atomic E-state index is 6.21. The van der Waals surface area contributed by atoms with Crippen LogP contribution in [-0.4, -0.2) is 15.2 Å². The van der Waals surface area contributed by atoms with Crippen molar-refractivity contribution < 1.29 is 0 Å². The lowest BCUT2D eigenvalue weighted by molar-refractivity contribution is 0.564. The molecule has 1 aromatic heterocycles. The quantitative estimate of drug-likeness (QED) is 0.682. The molecule has 86 valence electrons. The van der Waals surface area contributed by atoms with Gasteiger partial charge in [-0.3, -0.25) is 4.68 Å². The highest BCUT2D eigenvalue weighted by Crippen LogP contribution is 2.16. The molecule has 0 bridgehead atoms. The van der Waals surface area contributed by atoms with E-state index in [0.717, 1.165) is 25.8 Å². The van der Waals surface area contributed by atoms with Gasteiger partial charge in [0.2, 0.25) is 0 Å². The Hall–Kier alpha value is -0.500. The number of aryl methyl sites for hydroxylation is 2. The molecular formula is C12H21ClN2. The largest absolute Gasteiger partial charge is 0.272 e. The molecule has 0 N–H and O–H groups in total. The zero-order chi connectivity index (χ0) is 11.3. The van der Waals surface area contributed by atoms with E-state index >= 15 is 0 Å². The Bertz CT molecular complexity index is 281. The van der Waals surface area contributed by atoms with Crippen LogP contribution >= 0.6 is 11.6 Å². The Balaban J connectivity index is 2.37. The fourth-order valence-electron chi connectivity index (χ4n) is 1.52. The smallest absolute Gasteiger partial charge is 0.0521 e. The van der Waals surface area contributed by atoms with E-state index in [1.54, 1.807) is 0 Å². The van der Waals surface area contributed by atoms with E-state index in [4.69, 9.17) is 11.6 Å². The van der Waals surface area contributed by atoms with Crippen molar-refractivity contribution in [3.05, 3.63) is 18.0 Å². The lowest BCUT2D eigenvalue weighted by Crippen LogP contribution is -2.08. The molecular weight excluding hydrogens is 208 g/mol. The topological polar surface area (TPSA) is 17.8 Å². The first-order valence-electron chi connectivity index (χ1n) is 5.79. The van der Waals surface area contributed by atoms with Crippen LogP contribution in [0.3, 0.4) is 0 Å². The molecule has 0 spiro atoms. The van der Waals surface area contributed by atoms with Gasteiger partial charge in [-0.25, -0.2) is 0 Å². The molecule has 0 saturated heterocycles. The average molecular weight is 229 g/mol. The number of hydrogen-bond acceptors (Lipinski definition) is 1. The van der Waals surface area contributed by atoms with Crippen LogP contribution in [0, 0.1) is 5.92 Å². The fraction of sp³-hybridized carbons (Fsp3) is 0.750. The van der Waals surface area contributed by atoms with Crippen LogP contribution < -0.4 is 0 Å². The molecule has 0 radical (unpaired) electrons. The summed E-state index contributed by atoms with van der Waals surface area (Å²) in [6.45, 7) is 7.50. The second kappa shape index (κ2) is 6.16. The Morgan fingerprint density at radius 3 is 2.80 bits per heavy atom. The van der Waals surface area contributed by atoms with Crippen molar-refractivity contribution in [2.45, 2.75) is 52.0 Å². The van der Waals surface area contributed by atoms with Gasteiger partial charge < -0.3 is 0 Å². The summed E-state index contributed by atoms with van der Waals surface area (Å²) in [6, 6.07) is 0. The average Bonchev–Trinajstić information content (AvgIpc) is 2.62. The normalized spacial score (nSPS) is 13.4. The van der Waals surface area contributed by atoms with Gasteiger partial charge in [-0.2, -0.15) is 5.10 Å². The first-order valence-corrected chi connectivity index (χ1v) is 6.22. The van der Waals surface area contributed by atoms with E-state index in [0.29, 0.717) is 5.92 Å². The Morgan fingerprint density at radius 1 is 1.47 bits per heavy atom. The number of alkyl halides is 1. The molecule has 1 aromatic rings. The van der Waals surface area contributed by atoms with Gasteiger partial charge in [0.15, 0.2) is 0 Å². The van der Waals surface area contributed by atoms with E-state index in [1.165, 1.54) is 5.56 Å². The Kier molecular flexibility index (Phi) is 5.16. The predicted octanol–water partition coefficient (Wildman–Crippen LogP) is 3.49. The second-order valence-corrected chi connectivity index (χ2v) is 4.97. The van der Waals surface area contributed by atoms with E-state index in [9.17, 15) is 0 Å². The summed E-state index contributed by atoms with van der Waals surface area (Å²) in [7, 11) is 0. The molecule has 0 aliphatic rings. The van der Waals surface area contributed by atoms with Crippen LogP contribution in [0.25, 0.3) is 0 Å². The van der Waals surface area contributed by atoms with Crippen molar-refractivity contribution in [1.29, 1.82) is 0 Å². The minimum Gasteiger partial charge on any atom is -0.272 e. The van der Waals surface area contributed by atoms with Crippen LogP contribution in [0.5, 0.6) is 0 Å². The Morgan fingerprint density at radius 2 is 2.20 bits per heavy atom. The van der Waals surface area contributed by atoms with Gasteiger partial charge in [0.25, 0.3) is 0 Å². The summed E-state index contributed by atoms with van der Waals surface area (Å²) in [5, 5.41) is 4.58. The summed E-state index contributed by atoms with van der Waals surface area (Å²) in [5.41, 5.74) is 1.30. The van der Waals surface area contributed by atoms with Gasteiger partial charge in [-0.15, -0.1) is 11.6 Å². The summed E-state index contributed by atoms with van der Waals surface area (Å²) in [6.07, 6.45) is 7.30. The highest BCUT2D eigenvalue weighted by atomic mass is 35.5. The van der Waals surface area contributed by atoms with Crippen LogP contribution in [0.2, 0.25) is 0 Å². The van der Waals surface area contributed by atoms with E-state index in [2.05, 4.69) is 32.1 Å². The van der Waals surface area contributed by atoms with Crippen molar-refractivity contribution >= 4 is 11.6 Å². The third-order valence-electron chi connectivity index (χ3n) is 2.57. The van der Waals surface area contributed by atoms with Gasteiger partial charge in [0, 0.05) is 18.1 Å². The molecule has 1 heterocycles. The maximum atomic E-state index is 6.21. The monoisotopic (exact) mass is 228 g/mol. The SMILES string of the molecule is CCCn1cc(CCC(Cl)C(C)C)cn1. The van der Waals surface area contributed by atoms with Crippen molar-refractivity contribution in [2.75, 3.05) is 0 Å². The van der Waals surface area contributed by atoms with Crippen LogP contribution in [0.15, 0.2) is 12.4 Å². The molecule has 0 saturated carbocycles. The highest BCUT2D eigenvalue weighted by Gasteiger charge is 2.09. The molecule has 1 rings (SSSR count). The van der Waals surface area contributed by atoms with Gasteiger partial charge in [-0.1, -0.05) is 20.8 Å². The lowest BCUT2D eigenvalue weighted by atomic mass is 10.0. The van der Waals surface area contributed by atoms with E-state index < -0.39 is 0 Å². The molecule has 2 nitrogen and oxygen atoms in total. The van der Waals surface area contributed by atoms with E-state index in [1.807, 2.05) is 10.9 Å². The third-order valence-corrected chi connectivity index (χ3v) is 3.29. The number of rotatable bonds is 6. The molecule has 0 amide bonds. The third kappa shape index (κ3) is 4.25. The lowest BCUT2D eigenvalue weighted by Gasteiger charge is -2.11. The van der Waals surface area contributed by atoms with Crippen molar-refractivity contribution in [2.24, 2.45) is 5.92 Å². The molecule has 1 atom stereocenters. The van der Waals surface area contributed by atoms with Crippen LogP contribution in [0.4, 0.5) is 0 Å². The number of halogens is 1. The van der Waals surface area contributed by atoms with Crippen LogP contribution in [-0.2, 0) is 13.0 Å². The highest BCUT2D eigenvalue weighted by molar-refractivity contribution is 6.20. The van der Waals surface area contributed by atoms with Gasteiger partial charge in [-0.05, 0) is 30.7 Å². The van der Waals surface area contributed by atoms with Gasteiger partial charge in [0.05, 0.1) is 6.20 Å². The summed E-state index contributed by atoms with van der Waals surface area (Å²) in [5.74, 6) is 0.553. The first kappa shape index (κ1) is 12.6. The molecule has 0 aliphatic carbocycles. The predicted molar refractivity (Wildman–Crippen MR) is 65.3 cm³/mol. The molecule has 0 aliphatic heterocycles. The van der Waals surface area contributed by atoms with Crippen LogP contribution in [0.1, 0.15) is 39.2 Å². The number of aromatic nitrogens is 2. The van der Waals surface area contributed by atoms with E-state index in [-0.39, 0.29) is 5.38 Å². The van der Waals surface area contributed by atoms with Gasteiger partial charge in [0.1, 0.15) is 0 Å². The zero-order valence-corrected chi connectivity index (χ0v) is 10.7. The number of hydrogen-bond donors (Lipinski definition) is 0. The van der Waals surface area contributed by atoms with Gasteiger partial charge >= 0.3 is 0 Å². The van der Waals surface area contributed by atoms with Crippen molar-refractivity contribution in [3.63, 3.8) is 0 Å². The van der Waals surface area contributed by atoms with Crippen molar-refractivity contribution in [1.82, 2.24) is 9.78 Å². The first-order chi connectivity index (χ1) is 7.13. The fourth-order valence-corrected chi connectivity index (χ4v) is 1.63. The molecule has 1 unspecified atom stereocenters. The minimum atomic E-state index is 0.277. The standard InChI is InChI=1S/C12H21ClN2/c1-4-7-15-9-11(8-14-15)5-6-12(13)10(2)3/h8-10,12H,4-7H2,1-3H3. The maximum Gasteiger partial charge on any atom is 0.0521 e. The summed E-state index contributed by atoms with van der Waals surface area (Å²) < 4.78 is 2.01. The number of nitrogens with zero attached hydrogens (tertiary/aromatic N) is 2.